The number of piperidine rings is 1. The second-order valence-corrected chi connectivity index (χ2v) is 10.7. The van der Waals surface area contributed by atoms with Crippen molar-refractivity contribution in [1.82, 2.24) is 25.9 Å². The second kappa shape index (κ2) is 12.5. The van der Waals surface area contributed by atoms with E-state index in [2.05, 4.69) is 75.3 Å². The monoisotopic (exact) mass is 592 g/mol. The average Bonchev–Trinajstić information content (AvgIpc) is 3.54. The summed E-state index contributed by atoms with van der Waals surface area (Å²) >= 11 is 0. The number of halogens is 4. The van der Waals surface area contributed by atoms with Crippen LogP contribution >= 0.6 is 12.4 Å². The van der Waals surface area contributed by atoms with Crippen LogP contribution in [0.5, 0.6) is 0 Å². The first-order valence-electron chi connectivity index (χ1n) is 13.8. The molecule has 0 spiro atoms. The zero-order valence-electron chi connectivity index (χ0n) is 23.1. The van der Waals surface area contributed by atoms with E-state index in [1.54, 1.807) is 12.1 Å². The number of aromatic nitrogens is 4. The first-order valence-corrected chi connectivity index (χ1v) is 13.8. The Kier molecular flexibility index (Phi) is 8.80. The molecule has 1 aliphatic heterocycles. The number of fused-ring (bicyclic) bond motifs is 1. The number of anilines is 1. The van der Waals surface area contributed by atoms with Crippen LogP contribution in [0, 0.1) is 5.92 Å². The van der Waals surface area contributed by atoms with Crippen LogP contribution in [0.2, 0.25) is 0 Å². The molecule has 1 aliphatic rings. The van der Waals surface area contributed by atoms with E-state index < -0.39 is 11.7 Å². The molecule has 6 rings (SSSR count). The molecule has 1 saturated heterocycles. The molecule has 10 heteroatoms. The number of tetrazole rings is 1. The predicted octanol–water partition coefficient (Wildman–Crippen LogP) is 7.42. The van der Waals surface area contributed by atoms with Gasteiger partial charge in [-0.2, -0.15) is 18.4 Å². The van der Waals surface area contributed by atoms with Gasteiger partial charge in [-0.15, -0.1) is 22.6 Å². The highest BCUT2D eigenvalue weighted by atomic mass is 35.5. The quantitative estimate of drug-likeness (QED) is 0.206. The summed E-state index contributed by atoms with van der Waals surface area (Å²) in [7, 11) is 0. The minimum Gasteiger partial charge on any atom is -0.371 e. The Balaban J connectivity index is 0.00000353. The molecular formula is C32H32ClF3N6. The molecule has 6 nitrogen and oxygen atoms in total. The van der Waals surface area contributed by atoms with Crippen molar-refractivity contribution in [2.75, 3.05) is 24.5 Å². The fraction of sp³-hybridized carbons (Fsp3) is 0.281. The van der Waals surface area contributed by atoms with Gasteiger partial charge in [-0.25, -0.2) is 0 Å². The van der Waals surface area contributed by atoms with Crippen LogP contribution in [-0.2, 0) is 6.18 Å². The van der Waals surface area contributed by atoms with E-state index in [0.29, 0.717) is 19.6 Å². The fourth-order valence-corrected chi connectivity index (χ4v) is 6.13. The molecule has 42 heavy (non-hydrogen) atoms. The maximum atomic E-state index is 14.3. The number of nitrogens with one attached hydrogen (secondary N) is 2. The van der Waals surface area contributed by atoms with E-state index in [-0.39, 0.29) is 47.4 Å². The van der Waals surface area contributed by atoms with Gasteiger partial charge >= 0.3 is 6.18 Å². The molecule has 0 bridgehead atoms. The average molecular weight is 593 g/mol. The van der Waals surface area contributed by atoms with Crippen molar-refractivity contribution < 1.29 is 13.2 Å². The molecule has 2 N–H and O–H groups in total. The number of benzene rings is 4. The summed E-state index contributed by atoms with van der Waals surface area (Å²) in [5, 5.41) is 19.6. The molecule has 2 heterocycles. The number of alkyl halides is 3. The van der Waals surface area contributed by atoms with Crippen molar-refractivity contribution in [1.29, 1.82) is 0 Å². The third-order valence-electron chi connectivity index (χ3n) is 8.18. The zero-order chi connectivity index (χ0) is 28.4. The van der Waals surface area contributed by atoms with E-state index in [1.165, 1.54) is 21.9 Å². The molecule has 3 atom stereocenters. The van der Waals surface area contributed by atoms with Crippen molar-refractivity contribution in [2.24, 2.45) is 5.92 Å². The van der Waals surface area contributed by atoms with Crippen LogP contribution in [0.1, 0.15) is 42.0 Å². The Hall–Kier alpha value is -3.95. The van der Waals surface area contributed by atoms with Crippen molar-refractivity contribution in [2.45, 2.75) is 31.5 Å². The molecule has 0 radical (unpaired) electrons. The molecule has 4 aromatic carbocycles. The summed E-state index contributed by atoms with van der Waals surface area (Å²) in [5.74, 6) is 0.462. The largest absolute Gasteiger partial charge is 0.418 e. The highest BCUT2D eigenvalue weighted by Crippen LogP contribution is 2.42. The van der Waals surface area contributed by atoms with Crippen LogP contribution in [0.25, 0.3) is 22.2 Å². The summed E-state index contributed by atoms with van der Waals surface area (Å²) in [5.41, 5.74) is 2.21. The normalized spacial score (nSPS) is 18.0. The van der Waals surface area contributed by atoms with Gasteiger partial charge < -0.3 is 10.2 Å². The third-order valence-corrected chi connectivity index (χ3v) is 8.18. The number of aromatic amines is 1. The maximum absolute atomic E-state index is 14.3. The first kappa shape index (κ1) is 29.5. The van der Waals surface area contributed by atoms with Gasteiger partial charge in [0.05, 0.1) is 5.56 Å². The van der Waals surface area contributed by atoms with Crippen molar-refractivity contribution in [3.63, 3.8) is 0 Å². The van der Waals surface area contributed by atoms with Gasteiger partial charge in [-0.05, 0) is 70.5 Å². The van der Waals surface area contributed by atoms with Gasteiger partial charge in [0.1, 0.15) is 0 Å². The molecular weight excluding hydrogens is 561 g/mol. The second-order valence-electron chi connectivity index (χ2n) is 10.7. The molecule has 218 valence electrons. The van der Waals surface area contributed by atoms with Crippen LogP contribution in [0.3, 0.4) is 0 Å². The summed E-state index contributed by atoms with van der Waals surface area (Å²) in [6.45, 7) is 3.85. The van der Waals surface area contributed by atoms with Gasteiger partial charge in [0, 0.05) is 36.9 Å². The van der Waals surface area contributed by atoms with E-state index in [1.807, 2.05) is 35.2 Å². The van der Waals surface area contributed by atoms with Crippen molar-refractivity contribution in [3.8, 4) is 11.4 Å². The Morgan fingerprint density at radius 1 is 0.976 bits per heavy atom. The lowest BCUT2D eigenvalue weighted by atomic mass is 9.80. The number of hydrogen-bond acceptors (Lipinski definition) is 5. The minimum atomic E-state index is -4.53. The molecule has 0 aliphatic carbocycles. The lowest BCUT2D eigenvalue weighted by Gasteiger charge is -2.41. The van der Waals surface area contributed by atoms with Gasteiger partial charge in [-0.1, -0.05) is 72.8 Å². The summed E-state index contributed by atoms with van der Waals surface area (Å²) in [6, 6.07) is 29.3. The van der Waals surface area contributed by atoms with Gasteiger partial charge in [0.2, 0.25) is 5.82 Å². The number of H-pyrrole nitrogens is 1. The fourth-order valence-electron chi connectivity index (χ4n) is 6.13. The van der Waals surface area contributed by atoms with Gasteiger partial charge in [0.15, 0.2) is 0 Å². The van der Waals surface area contributed by atoms with Crippen LogP contribution < -0.4 is 10.2 Å². The van der Waals surface area contributed by atoms with Crippen molar-refractivity contribution in [3.05, 3.63) is 108 Å². The van der Waals surface area contributed by atoms with Crippen LogP contribution in [0.4, 0.5) is 18.9 Å². The van der Waals surface area contributed by atoms with Crippen LogP contribution in [0.15, 0.2) is 91.0 Å². The smallest absolute Gasteiger partial charge is 0.371 e. The summed E-state index contributed by atoms with van der Waals surface area (Å²) in [4.78, 5) is 1.89. The molecule has 5 aromatic rings. The molecule has 1 fully saturated rings. The van der Waals surface area contributed by atoms with E-state index in [9.17, 15) is 13.2 Å². The highest BCUT2D eigenvalue weighted by molar-refractivity contribution is 5.86. The lowest BCUT2D eigenvalue weighted by Crippen LogP contribution is -2.44. The Morgan fingerprint density at radius 3 is 2.50 bits per heavy atom. The van der Waals surface area contributed by atoms with Crippen molar-refractivity contribution >= 4 is 28.9 Å². The van der Waals surface area contributed by atoms with Gasteiger partial charge in [-0.3, -0.25) is 0 Å². The number of rotatable bonds is 7. The Bertz CT molecular complexity index is 1600. The van der Waals surface area contributed by atoms with Crippen LogP contribution in [-0.4, -0.2) is 40.3 Å². The predicted molar refractivity (Wildman–Crippen MR) is 162 cm³/mol. The zero-order valence-corrected chi connectivity index (χ0v) is 23.9. The summed E-state index contributed by atoms with van der Waals surface area (Å²) < 4.78 is 43.0. The number of nitrogens with zero attached hydrogens (tertiary/aromatic N) is 4. The number of hydrogen-bond donors (Lipinski definition) is 2. The van der Waals surface area contributed by atoms with Gasteiger partial charge in [0.25, 0.3) is 0 Å². The molecule has 2 unspecified atom stereocenters. The highest BCUT2D eigenvalue weighted by Gasteiger charge is 2.38. The van der Waals surface area contributed by atoms with E-state index in [0.717, 1.165) is 12.5 Å². The molecule has 0 saturated carbocycles. The first-order chi connectivity index (χ1) is 19.9. The Morgan fingerprint density at radius 2 is 1.74 bits per heavy atom. The molecule has 1 aromatic heterocycles. The Labute approximate surface area is 248 Å². The van der Waals surface area contributed by atoms with E-state index in [4.69, 9.17) is 0 Å². The third kappa shape index (κ3) is 6.12. The maximum Gasteiger partial charge on any atom is 0.418 e. The topological polar surface area (TPSA) is 69.7 Å². The summed E-state index contributed by atoms with van der Waals surface area (Å²) in [6.07, 6.45) is -3.77. The minimum absolute atomic E-state index is 0. The molecule has 0 amide bonds. The SMILES string of the molecule is C[C@@H](NCC1CN(c2ccc(-c3nn[nH]n3)cc2C(F)(F)F)CCC1c1ccccc1)c1cccc2ccccc12.Cl. The van der Waals surface area contributed by atoms with E-state index >= 15 is 0 Å². The lowest BCUT2D eigenvalue weighted by molar-refractivity contribution is -0.137. The standard InChI is InChI=1S/C32H31F3N6.ClH/c1-21(26-13-7-11-23-10-5-6-12-28(23)26)36-19-25-20-41(17-16-27(25)22-8-3-2-4-9-22)30-15-14-24(31-37-39-40-38-31)18-29(30)32(33,34)35;/h2-15,18,21,25,27,36H,16-17,19-20H2,1H3,(H,37,38,39,40);1H/t21-,25?,27?;/m1./s1.